The lowest BCUT2D eigenvalue weighted by Crippen LogP contribution is -2.39. The van der Waals surface area contributed by atoms with E-state index >= 15 is 0 Å². The number of ketones is 1. The molecule has 1 heterocycles. The van der Waals surface area contributed by atoms with Crippen LogP contribution in [-0.4, -0.2) is 24.8 Å². The summed E-state index contributed by atoms with van der Waals surface area (Å²) in [5.41, 5.74) is 1.64. The van der Waals surface area contributed by atoms with Gasteiger partial charge in [-0.1, -0.05) is 48.0 Å². The van der Waals surface area contributed by atoms with Crippen molar-refractivity contribution >= 4 is 34.9 Å². The third-order valence-electron chi connectivity index (χ3n) is 4.31. The van der Waals surface area contributed by atoms with E-state index in [0.717, 1.165) is 0 Å². The average molecular weight is 358 g/mol. The Morgan fingerprint density at radius 1 is 1.16 bits per heavy atom. The summed E-state index contributed by atoms with van der Waals surface area (Å²) in [5, 5.41) is 3.19. The number of amides is 1. The Kier molecular flexibility index (Phi) is 4.86. The van der Waals surface area contributed by atoms with Crippen molar-refractivity contribution in [2.45, 2.75) is 12.3 Å². The maximum atomic E-state index is 12.9. The summed E-state index contributed by atoms with van der Waals surface area (Å²) in [6.45, 7) is 0. The average Bonchev–Trinajstić information content (AvgIpc) is 2.61. The highest BCUT2D eigenvalue weighted by Crippen LogP contribution is 2.41. The zero-order valence-electron chi connectivity index (χ0n) is 13.5. The van der Waals surface area contributed by atoms with E-state index in [2.05, 4.69) is 5.32 Å². The molecule has 1 aliphatic rings. The van der Waals surface area contributed by atoms with Gasteiger partial charge in [0.15, 0.2) is 5.78 Å². The molecule has 25 heavy (non-hydrogen) atoms. The van der Waals surface area contributed by atoms with E-state index in [-0.39, 0.29) is 12.2 Å². The van der Waals surface area contributed by atoms with E-state index in [1.165, 1.54) is 7.11 Å². The molecule has 6 heteroatoms. The Labute approximate surface area is 149 Å². The number of ether oxygens (including phenoxy) is 1. The molecule has 0 aliphatic carbocycles. The fourth-order valence-electron chi connectivity index (χ4n) is 3.11. The van der Waals surface area contributed by atoms with E-state index in [1.54, 1.807) is 48.5 Å². The van der Waals surface area contributed by atoms with Crippen LogP contribution in [0, 0.1) is 5.92 Å². The molecule has 1 amide bonds. The molecule has 0 saturated carbocycles. The van der Waals surface area contributed by atoms with Gasteiger partial charge in [0, 0.05) is 22.2 Å². The molecule has 128 valence electrons. The Bertz CT molecular complexity index is 835. The summed E-state index contributed by atoms with van der Waals surface area (Å²) in [7, 11) is 1.28. The minimum atomic E-state index is -1.00. The predicted octanol–water partition coefficient (Wildman–Crippen LogP) is 3.44. The maximum Gasteiger partial charge on any atom is 0.306 e. The number of carbonyl (C=O) groups is 3. The van der Waals surface area contributed by atoms with Crippen LogP contribution in [0.2, 0.25) is 5.02 Å². The summed E-state index contributed by atoms with van der Waals surface area (Å²) >= 11 is 5.99. The minimum Gasteiger partial charge on any atom is -0.469 e. The lowest BCUT2D eigenvalue weighted by Gasteiger charge is -2.31. The highest BCUT2D eigenvalue weighted by atomic mass is 35.5. The molecule has 0 spiro atoms. The molecular weight excluding hydrogens is 342 g/mol. The number of anilines is 1. The van der Waals surface area contributed by atoms with Gasteiger partial charge >= 0.3 is 5.97 Å². The molecule has 2 unspecified atom stereocenters. The summed E-state index contributed by atoms with van der Waals surface area (Å²) in [6.07, 6.45) is -0.0677. The molecule has 0 saturated heterocycles. The van der Waals surface area contributed by atoms with Crippen molar-refractivity contribution in [2.75, 3.05) is 12.4 Å². The first-order valence-corrected chi connectivity index (χ1v) is 8.15. The van der Waals surface area contributed by atoms with E-state index in [4.69, 9.17) is 16.3 Å². The molecule has 0 aromatic heterocycles. The monoisotopic (exact) mass is 357 g/mol. The molecule has 5 nitrogen and oxygen atoms in total. The summed E-state index contributed by atoms with van der Waals surface area (Å²) in [6, 6.07) is 13.6. The zero-order valence-corrected chi connectivity index (χ0v) is 14.2. The number of Topliss-reactive ketones (excluding diaryl/α,β-unsaturated/α-hetero) is 1. The summed E-state index contributed by atoms with van der Waals surface area (Å²) in [5.74, 6) is -2.87. The molecule has 0 radical (unpaired) electrons. The SMILES string of the molecule is COC(=O)CC1c2ccc(Cl)cc2NC(=O)C1C(=O)c1ccccc1. The molecule has 0 fully saturated rings. The van der Waals surface area contributed by atoms with E-state index in [1.807, 2.05) is 0 Å². The van der Waals surface area contributed by atoms with Crippen LogP contribution in [0.4, 0.5) is 5.69 Å². The number of esters is 1. The van der Waals surface area contributed by atoms with Crippen LogP contribution >= 0.6 is 11.6 Å². The molecule has 2 atom stereocenters. The van der Waals surface area contributed by atoms with Crippen molar-refractivity contribution in [3.8, 4) is 0 Å². The van der Waals surface area contributed by atoms with Crippen LogP contribution in [0.15, 0.2) is 48.5 Å². The Morgan fingerprint density at radius 2 is 1.88 bits per heavy atom. The molecule has 1 N–H and O–H groups in total. The molecular formula is C19H16ClNO4. The molecule has 0 bridgehead atoms. The van der Waals surface area contributed by atoms with Gasteiger partial charge < -0.3 is 10.1 Å². The normalized spacial score (nSPS) is 18.9. The van der Waals surface area contributed by atoms with Gasteiger partial charge in [-0.15, -0.1) is 0 Å². The standard InChI is InChI=1S/C19H16ClNO4/c1-25-16(22)10-14-13-8-7-12(20)9-15(13)21-19(24)17(14)18(23)11-5-3-2-4-6-11/h2-9,14,17H,10H2,1H3,(H,21,24). The van der Waals surface area contributed by atoms with Crippen molar-refractivity contribution in [1.29, 1.82) is 0 Å². The fraction of sp³-hybridized carbons (Fsp3) is 0.211. The molecule has 1 aliphatic heterocycles. The van der Waals surface area contributed by atoms with Crippen molar-refractivity contribution in [3.05, 3.63) is 64.7 Å². The number of hydrogen-bond donors (Lipinski definition) is 1. The molecule has 2 aromatic carbocycles. The third kappa shape index (κ3) is 3.42. The number of rotatable bonds is 4. The maximum absolute atomic E-state index is 12.9. The summed E-state index contributed by atoms with van der Waals surface area (Å²) in [4.78, 5) is 37.4. The second kappa shape index (κ2) is 7.07. The Balaban J connectivity index is 2.05. The Hall–Kier alpha value is -2.66. The topological polar surface area (TPSA) is 72.5 Å². The molecule has 3 rings (SSSR count). The van der Waals surface area contributed by atoms with Gasteiger partial charge in [-0.25, -0.2) is 0 Å². The van der Waals surface area contributed by atoms with Crippen molar-refractivity contribution < 1.29 is 19.1 Å². The van der Waals surface area contributed by atoms with Crippen molar-refractivity contribution in [3.63, 3.8) is 0 Å². The van der Waals surface area contributed by atoms with Crippen LogP contribution in [-0.2, 0) is 14.3 Å². The van der Waals surface area contributed by atoms with Gasteiger partial charge in [-0.2, -0.15) is 0 Å². The largest absolute Gasteiger partial charge is 0.469 e. The van der Waals surface area contributed by atoms with E-state index < -0.39 is 23.7 Å². The first-order valence-electron chi connectivity index (χ1n) is 7.77. The van der Waals surface area contributed by atoms with Crippen LogP contribution in [0.5, 0.6) is 0 Å². The number of nitrogens with one attached hydrogen (secondary N) is 1. The highest BCUT2D eigenvalue weighted by molar-refractivity contribution is 6.31. The predicted molar refractivity (Wildman–Crippen MR) is 93.7 cm³/mol. The van der Waals surface area contributed by atoms with E-state index in [9.17, 15) is 14.4 Å². The third-order valence-corrected chi connectivity index (χ3v) is 4.55. The van der Waals surface area contributed by atoms with Gasteiger partial charge in [0.25, 0.3) is 0 Å². The van der Waals surface area contributed by atoms with E-state index in [0.29, 0.717) is 21.8 Å². The number of fused-ring (bicyclic) bond motifs is 1. The fourth-order valence-corrected chi connectivity index (χ4v) is 3.28. The number of hydrogen-bond acceptors (Lipinski definition) is 4. The Morgan fingerprint density at radius 3 is 2.56 bits per heavy atom. The number of benzene rings is 2. The zero-order chi connectivity index (χ0) is 18.0. The first-order chi connectivity index (χ1) is 12.0. The highest BCUT2D eigenvalue weighted by Gasteiger charge is 2.42. The van der Waals surface area contributed by atoms with Crippen LogP contribution in [0.25, 0.3) is 0 Å². The lowest BCUT2D eigenvalue weighted by atomic mass is 9.76. The number of carbonyl (C=O) groups excluding carboxylic acids is 3. The lowest BCUT2D eigenvalue weighted by molar-refractivity contribution is -0.141. The second-order valence-corrected chi connectivity index (χ2v) is 6.25. The van der Waals surface area contributed by atoms with Crippen LogP contribution < -0.4 is 5.32 Å². The first kappa shape index (κ1) is 17.2. The smallest absolute Gasteiger partial charge is 0.306 e. The van der Waals surface area contributed by atoms with Gasteiger partial charge in [0.05, 0.1) is 13.5 Å². The van der Waals surface area contributed by atoms with Gasteiger partial charge in [0.1, 0.15) is 5.92 Å². The minimum absolute atomic E-state index is 0.0677. The van der Waals surface area contributed by atoms with Crippen LogP contribution in [0.1, 0.15) is 28.3 Å². The number of halogens is 1. The van der Waals surface area contributed by atoms with Crippen molar-refractivity contribution in [2.24, 2.45) is 5.92 Å². The van der Waals surface area contributed by atoms with Crippen molar-refractivity contribution in [1.82, 2.24) is 0 Å². The van der Waals surface area contributed by atoms with Gasteiger partial charge in [0.2, 0.25) is 5.91 Å². The van der Waals surface area contributed by atoms with Crippen LogP contribution in [0.3, 0.4) is 0 Å². The second-order valence-electron chi connectivity index (χ2n) is 5.82. The van der Waals surface area contributed by atoms with Gasteiger partial charge in [-0.05, 0) is 17.7 Å². The molecule has 2 aromatic rings. The van der Waals surface area contributed by atoms with Gasteiger partial charge in [-0.3, -0.25) is 14.4 Å². The summed E-state index contributed by atoms with van der Waals surface area (Å²) < 4.78 is 4.75. The quantitative estimate of drug-likeness (QED) is 0.517. The number of methoxy groups -OCH3 is 1.